The molecule has 0 bridgehead atoms. The number of hydrogen-bond donors (Lipinski definition) is 0. The summed E-state index contributed by atoms with van der Waals surface area (Å²) >= 11 is 7.34. The molecule has 0 saturated heterocycles. The van der Waals surface area contributed by atoms with Crippen LogP contribution in [0.3, 0.4) is 0 Å². The van der Waals surface area contributed by atoms with Gasteiger partial charge in [-0.05, 0) is 13.8 Å². The van der Waals surface area contributed by atoms with E-state index in [1.807, 2.05) is 11.9 Å². The van der Waals surface area contributed by atoms with Crippen LogP contribution in [0.4, 0.5) is 5.13 Å². The van der Waals surface area contributed by atoms with E-state index in [1.54, 1.807) is 5.51 Å². The van der Waals surface area contributed by atoms with E-state index in [2.05, 4.69) is 24.0 Å². The average molecular weight is 206 g/mol. The van der Waals surface area contributed by atoms with E-state index in [0.29, 0.717) is 5.88 Å². The van der Waals surface area contributed by atoms with Crippen molar-refractivity contribution >= 4 is 28.1 Å². The molecule has 0 aliphatic rings. The molecule has 1 heterocycles. The smallest absolute Gasteiger partial charge is 0.208 e. The summed E-state index contributed by atoms with van der Waals surface area (Å²) in [5.41, 5.74) is 1.65. The van der Waals surface area contributed by atoms with Gasteiger partial charge in [0.15, 0.2) is 0 Å². The van der Waals surface area contributed by atoms with Gasteiger partial charge in [-0.25, -0.2) is 0 Å². The minimum absolute atomic E-state index is 0.0684. The van der Waals surface area contributed by atoms with E-state index < -0.39 is 0 Å². The van der Waals surface area contributed by atoms with Gasteiger partial charge >= 0.3 is 0 Å². The standard InChI is InChI=1S/C7H12ClN3S/c1-7(2,4-8)11(3)6-10-9-5-12-6/h5H,4H2,1-3H3. The normalized spacial score (nSPS) is 11.7. The van der Waals surface area contributed by atoms with Crippen LogP contribution in [0.2, 0.25) is 0 Å². The first kappa shape index (κ1) is 9.74. The lowest BCUT2D eigenvalue weighted by Crippen LogP contribution is -2.42. The van der Waals surface area contributed by atoms with Crippen LogP contribution in [0, 0.1) is 0 Å². The summed E-state index contributed by atoms with van der Waals surface area (Å²) in [4.78, 5) is 2.04. The fourth-order valence-electron chi connectivity index (χ4n) is 0.662. The maximum atomic E-state index is 5.82. The molecule has 0 aromatic carbocycles. The van der Waals surface area contributed by atoms with Crippen LogP contribution in [-0.4, -0.2) is 28.7 Å². The number of alkyl halides is 1. The van der Waals surface area contributed by atoms with Gasteiger partial charge in [-0.15, -0.1) is 21.8 Å². The van der Waals surface area contributed by atoms with E-state index in [9.17, 15) is 0 Å². The minimum atomic E-state index is -0.0684. The summed E-state index contributed by atoms with van der Waals surface area (Å²) in [6, 6.07) is 0. The Morgan fingerprint density at radius 2 is 2.33 bits per heavy atom. The van der Waals surface area contributed by atoms with Crippen molar-refractivity contribution in [1.29, 1.82) is 0 Å². The zero-order chi connectivity index (χ0) is 9.19. The first-order valence-corrected chi connectivity index (χ1v) is 5.05. The molecule has 12 heavy (non-hydrogen) atoms. The molecule has 3 nitrogen and oxygen atoms in total. The average Bonchev–Trinajstić information content (AvgIpc) is 2.55. The van der Waals surface area contributed by atoms with Crippen LogP contribution in [0.25, 0.3) is 0 Å². The number of hydrogen-bond acceptors (Lipinski definition) is 4. The highest BCUT2D eigenvalue weighted by Gasteiger charge is 2.24. The van der Waals surface area contributed by atoms with Crippen molar-refractivity contribution in [3.63, 3.8) is 0 Å². The zero-order valence-corrected chi connectivity index (χ0v) is 8.98. The summed E-state index contributed by atoms with van der Waals surface area (Å²) in [5.74, 6) is 0.573. The number of nitrogens with zero attached hydrogens (tertiary/aromatic N) is 3. The molecule has 0 atom stereocenters. The summed E-state index contributed by atoms with van der Waals surface area (Å²) in [7, 11) is 1.98. The van der Waals surface area contributed by atoms with E-state index >= 15 is 0 Å². The lowest BCUT2D eigenvalue weighted by Gasteiger charge is -2.33. The Labute approximate surface area is 81.4 Å². The van der Waals surface area contributed by atoms with Crippen molar-refractivity contribution in [3.05, 3.63) is 5.51 Å². The molecular formula is C7H12ClN3S. The van der Waals surface area contributed by atoms with Gasteiger partial charge in [-0.1, -0.05) is 11.3 Å². The molecule has 1 aromatic heterocycles. The Hall–Kier alpha value is -0.350. The molecule has 0 aliphatic heterocycles. The molecule has 0 amide bonds. The van der Waals surface area contributed by atoms with Crippen LogP contribution in [0.5, 0.6) is 0 Å². The Morgan fingerprint density at radius 3 is 2.75 bits per heavy atom. The summed E-state index contributed by atoms with van der Waals surface area (Å²) in [6.45, 7) is 4.14. The third-order valence-corrected chi connectivity index (χ3v) is 3.29. The van der Waals surface area contributed by atoms with Gasteiger partial charge < -0.3 is 4.90 Å². The molecule has 1 aromatic rings. The summed E-state index contributed by atoms with van der Waals surface area (Å²) in [6.07, 6.45) is 0. The second kappa shape index (κ2) is 3.58. The van der Waals surface area contributed by atoms with Crippen LogP contribution in [-0.2, 0) is 0 Å². The van der Waals surface area contributed by atoms with Crippen LogP contribution in [0.15, 0.2) is 5.51 Å². The van der Waals surface area contributed by atoms with Crippen molar-refractivity contribution in [2.24, 2.45) is 0 Å². The molecule has 0 aliphatic carbocycles. The highest BCUT2D eigenvalue weighted by atomic mass is 35.5. The Kier molecular flexibility index (Phi) is 2.90. The van der Waals surface area contributed by atoms with Gasteiger partial charge in [0, 0.05) is 18.5 Å². The monoisotopic (exact) mass is 205 g/mol. The van der Waals surface area contributed by atoms with Gasteiger partial charge in [0.2, 0.25) is 5.13 Å². The highest BCUT2D eigenvalue weighted by Crippen LogP contribution is 2.23. The zero-order valence-electron chi connectivity index (χ0n) is 7.41. The molecule has 0 saturated carbocycles. The van der Waals surface area contributed by atoms with Crippen molar-refractivity contribution in [3.8, 4) is 0 Å². The lowest BCUT2D eigenvalue weighted by atomic mass is 10.1. The Balaban J connectivity index is 2.78. The van der Waals surface area contributed by atoms with Crippen molar-refractivity contribution in [2.45, 2.75) is 19.4 Å². The molecule has 0 N–H and O–H groups in total. The van der Waals surface area contributed by atoms with E-state index in [4.69, 9.17) is 11.6 Å². The van der Waals surface area contributed by atoms with Gasteiger partial charge in [-0.3, -0.25) is 0 Å². The third-order valence-electron chi connectivity index (χ3n) is 1.87. The summed E-state index contributed by atoms with van der Waals surface area (Å²) < 4.78 is 0. The fourth-order valence-corrected chi connectivity index (χ4v) is 1.53. The molecule has 68 valence electrons. The molecule has 1 rings (SSSR count). The SMILES string of the molecule is CN(c1nncs1)C(C)(C)CCl. The predicted molar refractivity (Wildman–Crippen MR) is 53.1 cm³/mol. The Morgan fingerprint density at radius 1 is 1.67 bits per heavy atom. The minimum Gasteiger partial charge on any atom is -0.343 e. The van der Waals surface area contributed by atoms with E-state index in [1.165, 1.54) is 11.3 Å². The number of rotatable bonds is 3. The second-order valence-corrected chi connectivity index (χ2v) is 4.31. The van der Waals surface area contributed by atoms with Gasteiger partial charge in [0.05, 0.1) is 0 Å². The molecule has 0 radical (unpaired) electrons. The number of aromatic nitrogens is 2. The number of anilines is 1. The van der Waals surface area contributed by atoms with E-state index in [-0.39, 0.29) is 5.54 Å². The van der Waals surface area contributed by atoms with Crippen LogP contribution >= 0.6 is 22.9 Å². The van der Waals surface area contributed by atoms with Gasteiger partial charge in [0.25, 0.3) is 0 Å². The van der Waals surface area contributed by atoms with Gasteiger partial charge in [0.1, 0.15) is 5.51 Å². The Bertz CT molecular complexity index is 235. The molecule has 0 spiro atoms. The summed E-state index contributed by atoms with van der Waals surface area (Å²) in [5, 5.41) is 8.64. The quantitative estimate of drug-likeness (QED) is 0.707. The highest BCUT2D eigenvalue weighted by molar-refractivity contribution is 7.13. The van der Waals surface area contributed by atoms with Gasteiger partial charge in [-0.2, -0.15) is 0 Å². The maximum Gasteiger partial charge on any atom is 0.208 e. The van der Waals surface area contributed by atoms with Crippen molar-refractivity contribution in [1.82, 2.24) is 10.2 Å². The first-order valence-electron chi connectivity index (χ1n) is 3.64. The second-order valence-electron chi connectivity index (χ2n) is 3.23. The van der Waals surface area contributed by atoms with Crippen molar-refractivity contribution in [2.75, 3.05) is 17.8 Å². The number of halogens is 1. The molecule has 0 unspecified atom stereocenters. The molecule has 0 fully saturated rings. The van der Waals surface area contributed by atoms with E-state index in [0.717, 1.165) is 5.13 Å². The third kappa shape index (κ3) is 1.87. The molecular weight excluding hydrogens is 194 g/mol. The first-order chi connectivity index (χ1) is 5.58. The maximum absolute atomic E-state index is 5.82. The topological polar surface area (TPSA) is 29.0 Å². The van der Waals surface area contributed by atoms with Crippen molar-refractivity contribution < 1.29 is 0 Å². The van der Waals surface area contributed by atoms with Crippen LogP contribution < -0.4 is 4.90 Å². The lowest BCUT2D eigenvalue weighted by molar-refractivity contribution is 0.542. The van der Waals surface area contributed by atoms with Crippen LogP contribution in [0.1, 0.15) is 13.8 Å². The predicted octanol–water partition coefficient (Wildman–Crippen LogP) is 1.99. The molecule has 5 heteroatoms. The largest absolute Gasteiger partial charge is 0.343 e. The fraction of sp³-hybridized carbons (Fsp3) is 0.714.